The molecule has 1 saturated heterocycles. The second-order valence-corrected chi connectivity index (χ2v) is 9.99. The average molecular weight is 456 g/mol. The summed E-state index contributed by atoms with van der Waals surface area (Å²) < 4.78 is 31.0. The minimum atomic E-state index is -3.14. The van der Waals surface area contributed by atoms with Gasteiger partial charge >= 0.3 is 0 Å². The Labute approximate surface area is 186 Å². The fourth-order valence-corrected chi connectivity index (χ4v) is 5.57. The molecule has 32 heavy (non-hydrogen) atoms. The molecule has 4 rings (SSSR count). The average Bonchev–Trinajstić information content (AvgIpc) is 3.41. The molecule has 3 aromatic rings. The largest absolute Gasteiger partial charge is 0.497 e. The maximum absolute atomic E-state index is 13.0. The van der Waals surface area contributed by atoms with Crippen LogP contribution in [-0.2, 0) is 9.84 Å². The number of aromatic nitrogens is 2. The summed E-state index contributed by atoms with van der Waals surface area (Å²) in [7, 11) is -1.56. The van der Waals surface area contributed by atoms with Gasteiger partial charge in [-0.3, -0.25) is 9.48 Å². The Morgan fingerprint density at radius 1 is 1.22 bits per heavy atom. The first-order chi connectivity index (χ1) is 15.4. The standard InChI is InChI=1S/C23H25N3O5S/c1-31-19-9-7-17(8-10-19)22-13-20(25-26(22)18-11-12-32(29,30)15-18)23(28)24-21(14-27)16-5-3-2-4-6-16/h2-10,13,18,21,27H,11-12,14-15H2,1H3,(H,24,28)/t18?,21-/m0/s1. The molecule has 0 spiro atoms. The van der Waals surface area contributed by atoms with E-state index < -0.39 is 21.8 Å². The number of aliphatic hydroxyl groups is 1. The molecule has 2 aromatic carbocycles. The zero-order chi connectivity index (χ0) is 22.7. The van der Waals surface area contributed by atoms with Crippen LogP contribution in [-0.4, -0.2) is 54.4 Å². The van der Waals surface area contributed by atoms with Crippen molar-refractivity contribution in [3.05, 3.63) is 71.9 Å². The predicted octanol–water partition coefficient (Wildman–Crippen LogP) is 2.38. The molecule has 1 amide bonds. The lowest BCUT2D eigenvalue weighted by molar-refractivity contribution is 0.0910. The van der Waals surface area contributed by atoms with Crippen LogP contribution in [0.4, 0.5) is 0 Å². The highest BCUT2D eigenvalue weighted by atomic mass is 32.2. The van der Waals surface area contributed by atoms with Crippen LogP contribution in [0.5, 0.6) is 5.75 Å². The Morgan fingerprint density at radius 3 is 2.53 bits per heavy atom. The number of carbonyl (C=O) groups is 1. The minimum Gasteiger partial charge on any atom is -0.497 e. The lowest BCUT2D eigenvalue weighted by Crippen LogP contribution is -2.31. The molecule has 2 atom stereocenters. The second kappa shape index (κ2) is 9.13. The van der Waals surface area contributed by atoms with E-state index in [1.165, 1.54) is 0 Å². The van der Waals surface area contributed by atoms with Gasteiger partial charge in [-0.2, -0.15) is 5.10 Å². The topological polar surface area (TPSA) is 111 Å². The molecule has 9 heteroatoms. The van der Waals surface area contributed by atoms with E-state index in [2.05, 4.69) is 10.4 Å². The third kappa shape index (κ3) is 4.68. The molecule has 1 aliphatic rings. The van der Waals surface area contributed by atoms with Gasteiger partial charge in [-0.15, -0.1) is 0 Å². The Hall–Kier alpha value is -3.17. The van der Waals surface area contributed by atoms with Gasteiger partial charge in [0.15, 0.2) is 15.5 Å². The SMILES string of the molecule is COc1ccc(-c2cc(C(=O)N[C@@H](CO)c3ccccc3)nn2C2CCS(=O)(=O)C2)cc1. The van der Waals surface area contributed by atoms with Crippen molar-refractivity contribution in [2.24, 2.45) is 0 Å². The third-order valence-electron chi connectivity index (χ3n) is 5.60. The molecule has 0 aliphatic carbocycles. The summed E-state index contributed by atoms with van der Waals surface area (Å²) in [5.74, 6) is 0.335. The van der Waals surface area contributed by atoms with E-state index in [4.69, 9.17) is 4.74 Å². The van der Waals surface area contributed by atoms with Gasteiger partial charge in [0, 0.05) is 5.56 Å². The van der Waals surface area contributed by atoms with Crippen molar-refractivity contribution in [2.75, 3.05) is 25.2 Å². The zero-order valence-corrected chi connectivity index (χ0v) is 18.5. The van der Waals surface area contributed by atoms with E-state index in [0.717, 1.165) is 11.1 Å². The van der Waals surface area contributed by atoms with E-state index in [9.17, 15) is 18.3 Å². The number of nitrogens with one attached hydrogen (secondary N) is 1. The minimum absolute atomic E-state index is 0.0117. The van der Waals surface area contributed by atoms with Gasteiger partial charge in [0.25, 0.3) is 5.91 Å². The highest BCUT2D eigenvalue weighted by Gasteiger charge is 2.32. The molecule has 0 bridgehead atoms. The van der Waals surface area contributed by atoms with Gasteiger partial charge < -0.3 is 15.2 Å². The molecule has 1 aliphatic heterocycles. The van der Waals surface area contributed by atoms with Gasteiger partial charge in [-0.25, -0.2) is 8.42 Å². The summed E-state index contributed by atoms with van der Waals surface area (Å²) in [6.45, 7) is -0.261. The smallest absolute Gasteiger partial charge is 0.272 e. The van der Waals surface area contributed by atoms with Crippen molar-refractivity contribution >= 4 is 15.7 Å². The van der Waals surface area contributed by atoms with E-state index in [1.807, 2.05) is 42.5 Å². The Bertz CT molecular complexity index is 1190. The van der Waals surface area contributed by atoms with Crippen molar-refractivity contribution in [2.45, 2.75) is 18.5 Å². The first-order valence-corrected chi connectivity index (χ1v) is 12.1. The molecular weight excluding hydrogens is 430 g/mol. The number of hydrogen-bond donors (Lipinski definition) is 2. The number of nitrogens with zero attached hydrogens (tertiary/aromatic N) is 2. The first-order valence-electron chi connectivity index (χ1n) is 10.3. The second-order valence-electron chi connectivity index (χ2n) is 7.76. The van der Waals surface area contributed by atoms with Crippen LogP contribution in [0.1, 0.15) is 34.6 Å². The van der Waals surface area contributed by atoms with Crippen LogP contribution in [0.2, 0.25) is 0 Å². The van der Waals surface area contributed by atoms with Gasteiger partial charge in [-0.1, -0.05) is 30.3 Å². The maximum Gasteiger partial charge on any atom is 0.272 e. The zero-order valence-electron chi connectivity index (χ0n) is 17.6. The number of methoxy groups -OCH3 is 1. The fraction of sp³-hybridized carbons (Fsp3) is 0.304. The molecule has 1 unspecified atom stereocenters. The van der Waals surface area contributed by atoms with Crippen LogP contribution < -0.4 is 10.1 Å². The van der Waals surface area contributed by atoms with Crippen molar-refractivity contribution in [3.63, 3.8) is 0 Å². The molecule has 0 saturated carbocycles. The van der Waals surface area contributed by atoms with Crippen molar-refractivity contribution in [1.82, 2.24) is 15.1 Å². The molecule has 1 aromatic heterocycles. The van der Waals surface area contributed by atoms with E-state index >= 15 is 0 Å². The first kappa shape index (κ1) is 22.0. The van der Waals surface area contributed by atoms with Crippen LogP contribution in [0.3, 0.4) is 0 Å². The molecule has 1 fully saturated rings. The van der Waals surface area contributed by atoms with E-state index in [-0.39, 0.29) is 29.8 Å². The molecule has 8 nitrogen and oxygen atoms in total. The van der Waals surface area contributed by atoms with E-state index in [0.29, 0.717) is 17.9 Å². The number of amides is 1. The summed E-state index contributed by atoms with van der Waals surface area (Å²) >= 11 is 0. The van der Waals surface area contributed by atoms with E-state index in [1.54, 1.807) is 30.0 Å². The van der Waals surface area contributed by atoms with Gasteiger partial charge in [0.05, 0.1) is 43.0 Å². The van der Waals surface area contributed by atoms with Crippen molar-refractivity contribution in [1.29, 1.82) is 0 Å². The Morgan fingerprint density at radius 2 is 1.94 bits per heavy atom. The summed E-state index contributed by atoms with van der Waals surface area (Å²) in [6, 6.07) is 17.2. The van der Waals surface area contributed by atoms with Crippen LogP contribution in [0.25, 0.3) is 11.3 Å². The summed E-state index contributed by atoms with van der Waals surface area (Å²) in [6.07, 6.45) is 0.442. The molecule has 168 valence electrons. The van der Waals surface area contributed by atoms with Gasteiger partial charge in [0.2, 0.25) is 0 Å². The fourth-order valence-electron chi connectivity index (χ4n) is 3.88. The predicted molar refractivity (Wildman–Crippen MR) is 120 cm³/mol. The normalized spacial score (nSPS) is 18.2. The molecule has 0 radical (unpaired) electrons. The lowest BCUT2D eigenvalue weighted by atomic mass is 10.1. The lowest BCUT2D eigenvalue weighted by Gasteiger charge is -2.16. The Kier molecular flexibility index (Phi) is 6.29. The quantitative estimate of drug-likeness (QED) is 0.566. The number of sulfone groups is 1. The Balaban J connectivity index is 1.67. The van der Waals surface area contributed by atoms with Crippen molar-refractivity contribution < 1.29 is 23.1 Å². The molecule has 2 heterocycles. The molecular formula is C23H25N3O5S. The monoisotopic (exact) mass is 455 g/mol. The summed E-state index contributed by atoms with van der Waals surface area (Å²) in [4.78, 5) is 13.0. The number of benzene rings is 2. The van der Waals surface area contributed by atoms with Crippen LogP contribution in [0.15, 0.2) is 60.7 Å². The van der Waals surface area contributed by atoms with Crippen molar-refractivity contribution in [3.8, 4) is 17.0 Å². The number of hydrogen-bond acceptors (Lipinski definition) is 6. The van der Waals surface area contributed by atoms with Gasteiger partial charge in [0.1, 0.15) is 5.75 Å². The summed E-state index contributed by atoms with van der Waals surface area (Å²) in [5, 5.41) is 17.1. The highest BCUT2D eigenvalue weighted by Crippen LogP contribution is 2.31. The van der Waals surface area contributed by atoms with Crippen LogP contribution in [0, 0.1) is 0 Å². The highest BCUT2D eigenvalue weighted by molar-refractivity contribution is 7.91. The summed E-state index contributed by atoms with van der Waals surface area (Å²) in [5.41, 5.74) is 2.39. The number of rotatable bonds is 7. The third-order valence-corrected chi connectivity index (χ3v) is 7.35. The van der Waals surface area contributed by atoms with Crippen LogP contribution >= 0.6 is 0 Å². The maximum atomic E-state index is 13.0. The number of carbonyl (C=O) groups excluding carboxylic acids is 1. The number of aliphatic hydroxyl groups excluding tert-OH is 1. The molecule has 2 N–H and O–H groups in total. The number of ether oxygens (including phenoxy) is 1. The van der Waals surface area contributed by atoms with Gasteiger partial charge in [-0.05, 0) is 42.3 Å².